The van der Waals surface area contributed by atoms with Gasteiger partial charge in [0.25, 0.3) is 0 Å². The molecule has 0 unspecified atom stereocenters. The molecule has 0 aromatic carbocycles. The molecule has 100 valence electrons. The van der Waals surface area contributed by atoms with Crippen molar-refractivity contribution in [2.45, 2.75) is 58.3 Å². The number of rotatable bonds is 9. The van der Waals surface area contributed by atoms with Gasteiger partial charge in [-0.05, 0) is 26.7 Å². The van der Waals surface area contributed by atoms with Gasteiger partial charge < -0.3 is 9.53 Å². The molecule has 17 heavy (non-hydrogen) atoms. The molecule has 0 saturated carbocycles. The van der Waals surface area contributed by atoms with Gasteiger partial charge in [-0.3, -0.25) is 4.79 Å². The number of hydrogen-bond donors (Lipinski definition) is 0. The normalized spacial score (nSPS) is 11.3. The number of unbranched alkanes of at least 4 members (excludes halogenated alkanes) is 1. The summed E-state index contributed by atoms with van der Waals surface area (Å²) in [5, 5.41) is 0. The van der Waals surface area contributed by atoms with E-state index in [2.05, 4.69) is 4.74 Å². The average Bonchev–Trinajstić information content (AvgIpc) is 2.22. The summed E-state index contributed by atoms with van der Waals surface area (Å²) >= 11 is 0. The standard InChI is InChI=1S/C12H20F2O3/c1-3-17-11(16)7-9-12(13,14)8-5-4-6-10(2)15/h3-9H2,1-2H3. The summed E-state index contributed by atoms with van der Waals surface area (Å²) in [4.78, 5) is 21.5. The van der Waals surface area contributed by atoms with Crippen LogP contribution in [0.1, 0.15) is 52.4 Å². The van der Waals surface area contributed by atoms with Crippen LogP contribution in [0.25, 0.3) is 0 Å². The van der Waals surface area contributed by atoms with Crippen molar-refractivity contribution in [2.75, 3.05) is 6.61 Å². The Morgan fingerprint density at radius 3 is 2.29 bits per heavy atom. The van der Waals surface area contributed by atoms with Crippen LogP contribution in [0.5, 0.6) is 0 Å². The number of ketones is 1. The SMILES string of the molecule is CCOC(=O)CCC(F)(F)CCCCC(C)=O. The van der Waals surface area contributed by atoms with Crippen molar-refractivity contribution in [1.82, 2.24) is 0 Å². The van der Waals surface area contributed by atoms with E-state index in [0.29, 0.717) is 19.3 Å². The van der Waals surface area contributed by atoms with Gasteiger partial charge in [0.15, 0.2) is 0 Å². The van der Waals surface area contributed by atoms with E-state index < -0.39 is 18.3 Å². The predicted octanol–water partition coefficient (Wildman–Crippen LogP) is 3.11. The van der Waals surface area contributed by atoms with Crippen molar-refractivity contribution in [3.05, 3.63) is 0 Å². The molecule has 0 aliphatic carbocycles. The highest BCUT2D eigenvalue weighted by atomic mass is 19.3. The number of carbonyl (C=O) groups is 2. The van der Waals surface area contributed by atoms with E-state index in [-0.39, 0.29) is 25.2 Å². The molecule has 0 bridgehead atoms. The fraction of sp³-hybridized carbons (Fsp3) is 0.833. The van der Waals surface area contributed by atoms with E-state index in [9.17, 15) is 18.4 Å². The molecule has 0 fully saturated rings. The molecule has 0 aromatic heterocycles. The van der Waals surface area contributed by atoms with Crippen LogP contribution in [0.4, 0.5) is 8.78 Å². The summed E-state index contributed by atoms with van der Waals surface area (Å²) in [5.74, 6) is -3.42. The third kappa shape index (κ3) is 9.90. The van der Waals surface area contributed by atoms with Gasteiger partial charge in [0, 0.05) is 19.3 Å². The van der Waals surface area contributed by atoms with Gasteiger partial charge >= 0.3 is 5.97 Å². The minimum atomic E-state index is -2.84. The zero-order valence-corrected chi connectivity index (χ0v) is 10.4. The highest BCUT2D eigenvalue weighted by molar-refractivity contribution is 5.75. The van der Waals surface area contributed by atoms with Crippen LogP contribution in [0.3, 0.4) is 0 Å². The summed E-state index contributed by atoms with van der Waals surface area (Å²) in [6, 6.07) is 0. The number of esters is 1. The molecular formula is C12H20F2O3. The van der Waals surface area contributed by atoms with E-state index in [0.717, 1.165) is 0 Å². The summed E-state index contributed by atoms with van der Waals surface area (Å²) in [5.41, 5.74) is 0. The van der Waals surface area contributed by atoms with Crippen LogP contribution in [0.15, 0.2) is 0 Å². The van der Waals surface area contributed by atoms with Gasteiger partial charge in [0.05, 0.1) is 13.0 Å². The Morgan fingerprint density at radius 1 is 1.12 bits per heavy atom. The Bertz CT molecular complexity index is 252. The predicted molar refractivity (Wildman–Crippen MR) is 60.0 cm³/mol. The van der Waals surface area contributed by atoms with Crippen LogP contribution in [-0.4, -0.2) is 24.3 Å². The lowest BCUT2D eigenvalue weighted by Crippen LogP contribution is -2.18. The largest absolute Gasteiger partial charge is 0.466 e. The Labute approximate surface area is 101 Å². The van der Waals surface area contributed by atoms with Gasteiger partial charge in [0.1, 0.15) is 5.78 Å². The van der Waals surface area contributed by atoms with E-state index in [1.54, 1.807) is 6.92 Å². The number of ether oxygens (including phenoxy) is 1. The molecule has 0 aromatic rings. The first-order valence-electron chi connectivity index (χ1n) is 5.90. The topological polar surface area (TPSA) is 43.4 Å². The zero-order valence-electron chi connectivity index (χ0n) is 10.4. The lowest BCUT2D eigenvalue weighted by molar-refractivity contribution is -0.145. The molecule has 0 atom stereocenters. The number of Topliss-reactive ketones (excluding diaryl/α,β-unsaturated/α-hetero) is 1. The fourth-order valence-corrected chi connectivity index (χ4v) is 1.40. The molecule has 5 heteroatoms. The Morgan fingerprint density at radius 2 is 1.76 bits per heavy atom. The molecule has 0 spiro atoms. The van der Waals surface area contributed by atoms with Crippen LogP contribution in [0.2, 0.25) is 0 Å². The Balaban J connectivity index is 3.71. The van der Waals surface area contributed by atoms with Gasteiger partial charge in [0.2, 0.25) is 5.92 Å². The third-order valence-electron chi connectivity index (χ3n) is 2.32. The Hall–Kier alpha value is -1.00. The molecular weight excluding hydrogens is 230 g/mol. The first-order valence-corrected chi connectivity index (χ1v) is 5.90. The molecule has 0 radical (unpaired) electrons. The highest BCUT2D eigenvalue weighted by Crippen LogP contribution is 2.27. The lowest BCUT2D eigenvalue weighted by Gasteiger charge is -2.15. The molecule has 0 heterocycles. The number of halogens is 2. The van der Waals surface area contributed by atoms with Crippen molar-refractivity contribution in [2.24, 2.45) is 0 Å². The molecule has 0 N–H and O–H groups in total. The maximum absolute atomic E-state index is 13.3. The van der Waals surface area contributed by atoms with Gasteiger partial charge in [-0.25, -0.2) is 8.78 Å². The van der Waals surface area contributed by atoms with Crippen LogP contribution < -0.4 is 0 Å². The molecule has 0 aliphatic rings. The summed E-state index contributed by atoms with van der Waals surface area (Å²) in [6.07, 6.45) is 0.104. The first-order chi connectivity index (χ1) is 7.87. The lowest BCUT2D eigenvalue weighted by atomic mass is 10.0. The van der Waals surface area contributed by atoms with Gasteiger partial charge in [-0.15, -0.1) is 0 Å². The number of hydrogen-bond acceptors (Lipinski definition) is 3. The molecule has 0 amide bonds. The molecule has 0 saturated heterocycles. The summed E-state index contributed by atoms with van der Waals surface area (Å²) in [6.45, 7) is 3.29. The molecule has 0 rings (SSSR count). The second-order valence-electron chi connectivity index (χ2n) is 4.07. The molecule has 0 aliphatic heterocycles. The minimum Gasteiger partial charge on any atom is -0.466 e. The summed E-state index contributed by atoms with van der Waals surface area (Å²) < 4.78 is 31.1. The highest BCUT2D eigenvalue weighted by Gasteiger charge is 2.28. The molecule has 3 nitrogen and oxygen atoms in total. The monoisotopic (exact) mass is 250 g/mol. The second kappa shape index (κ2) is 8.14. The van der Waals surface area contributed by atoms with E-state index in [1.165, 1.54) is 6.92 Å². The fourth-order valence-electron chi connectivity index (χ4n) is 1.40. The van der Waals surface area contributed by atoms with Crippen molar-refractivity contribution in [3.63, 3.8) is 0 Å². The maximum Gasteiger partial charge on any atom is 0.305 e. The van der Waals surface area contributed by atoms with Crippen molar-refractivity contribution < 1.29 is 23.1 Å². The quantitative estimate of drug-likeness (QED) is 0.466. The zero-order chi connectivity index (χ0) is 13.3. The van der Waals surface area contributed by atoms with Crippen molar-refractivity contribution in [3.8, 4) is 0 Å². The van der Waals surface area contributed by atoms with Crippen LogP contribution in [-0.2, 0) is 14.3 Å². The summed E-state index contributed by atoms with van der Waals surface area (Å²) in [7, 11) is 0. The van der Waals surface area contributed by atoms with Crippen molar-refractivity contribution in [1.29, 1.82) is 0 Å². The van der Waals surface area contributed by atoms with Gasteiger partial charge in [-0.1, -0.05) is 0 Å². The smallest absolute Gasteiger partial charge is 0.305 e. The number of carbonyl (C=O) groups excluding carboxylic acids is 2. The van der Waals surface area contributed by atoms with Crippen LogP contribution >= 0.6 is 0 Å². The van der Waals surface area contributed by atoms with E-state index >= 15 is 0 Å². The van der Waals surface area contributed by atoms with E-state index in [4.69, 9.17) is 0 Å². The second-order valence-corrected chi connectivity index (χ2v) is 4.07. The maximum atomic E-state index is 13.3. The average molecular weight is 250 g/mol. The van der Waals surface area contributed by atoms with Crippen molar-refractivity contribution >= 4 is 11.8 Å². The van der Waals surface area contributed by atoms with E-state index in [1.807, 2.05) is 0 Å². The number of alkyl halides is 2. The minimum absolute atomic E-state index is 0.0137. The Kier molecular flexibility index (Phi) is 7.66. The van der Waals surface area contributed by atoms with Gasteiger partial charge in [-0.2, -0.15) is 0 Å². The third-order valence-corrected chi connectivity index (χ3v) is 2.32. The van der Waals surface area contributed by atoms with Crippen LogP contribution in [0, 0.1) is 0 Å². The first kappa shape index (κ1) is 16.0.